The van der Waals surface area contributed by atoms with E-state index in [9.17, 15) is 4.79 Å². The predicted octanol–water partition coefficient (Wildman–Crippen LogP) is 0.397. The summed E-state index contributed by atoms with van der Waals surface area (Å²) in [7, 11) is 0. The Hall–Kier alpha value is -0.990. The van der Waals surface area contributed by atoms with Gasteiger partial charge in [-0.3, -0.25) is 0 Å². The molecule has 0 saturated heterocycles. The van der Waals surface area contributed by atoms with E-state index in [1.807, 2.05) is 0 Å². The zero-order valence-corrected chi connectivity index (χ0v) is 3.27. The van der Waals surface area contributed by atoms with Gasteiger partial charge in [0.2, 0.25) is 0 Å². The number of hydrogen-bond acceptors (Lipinski definition) is 1. The Morgan fingerprint density at radius 3 is 2.67 bits per heavy atom. The van der Waals surface area contributed by atoms with Crippen LogP contribution in [0.15, 0.2) is 6.08 Å². The Labute approximate surface area is 36.7 Å². The fourth-order valence-electron chi connectivity index (χ4n) is 0.101. The van der Waals surface area contributed by atoms with Gasteiger partial charge in [0.1, 0.15) is 5.94 Å². The van der Waals surface area contributed by atoms with Crippen molar-refractivity contribution in [3.05, 3.63) is 6.08 Å². The molecular weight excluding hydrogens is 76.1 g/mol. The largest absolute Gasteiger partial charge is 0.234 e. The summed E-state index contributed by atoms with van der Waals surface area (Å²) in [4.78, 5) is 9.29. The maximum Gasteiger partial charge on any atom is 0.121 e. The lowest BCUT2D eigenvalue weighted by molar-refractivity contribution is 0.568. The summed E-state index contributed by atoms with van der Waals surface area (Å²) < 4.78 is 0. The number of terminal acetylenes is 1. The standard InChI is InChI=1S/C5H4O/c1-2-3-4-5-6/h1,4H,3H2. The number of allylic oxidation sites excluding steroid dienone is 1. The summed E-state index contributed by atoms with van der Waals surface area (Å²) in [5.41, 5.74) is 0. The summed E-state index contributed by atoms with van der Waals surface area (Å²) in [6, 6.07) is 0. The highest BCUT2D eigenvalue weighted by Crippen LogP contribution is 1.66. The molecule has 0 aromatic heterocycles. The van der Waals surface area contributed by atoms with Gasteiger partial charge in [0.15, 0.2) is 0 Å². The van der Waals surface area contributed by atoms with Gasteiger partial charge in [-0.05, 0) is 0 Å². The van der Waals surface area contributed by atoms with Crippen molar-refractivity contribution in [3.8, 4) is 12.3 Å². The molecule has 0 aliphatic carbocycles. The summed E-state index contributed by atoms with van der Waals surface area (Å²) in [5.74, 6) is 3.80. The van der Waals surface area contributed by atoms with Gasteiger partial charge < -0.3 is 0 Å². The van der Waals surface area contributed by atoms with Crippen LogP contribution in [0.1, 0.15) is 6.42 Å². The zero-order chi connectivity index (χ0) is 4.83. The molecule has 1 heteroatoms. The van der Waals surface area contributed by atoms with Crippen molar-refractivity contribution in [1.29, 1.82) is 0 Å². The Bertz CT molecular complexity index is 102. The molecule has 0 heterocycles. The van der Waals surface area contributed by atoms with E-state index in [-0.39, 0.29) is 0 Å². The van der Waals surface area contributed by atoms with Gasteiger partial charge in [-0.25, -0.2) is 4.79 Å². The molecule has 1 nitrogen and oxygen atoms in total. The summed E-state index contributed by atoms with van der Waals surface area (Å²) >= 11 is 0. The molecule has 0 unspecified atom stereocenters. The number of carbonyl (C=O) groups excluding carboxylic acids is 1. The molecule has 0 fully saturated rings. The van der Waals surface area contributed by atoms with E-state index in [0.29, 0.717) is 6.42 Å². The molecule has 0 aromatic rings. The first-order chi connectivity index (χ1) is 2.91. The first kappa shape index (κ1) is 5.01. The van der Waals surface area contributed by atoms with Gasteiger partial charge >= 0.3 is 0 Å². The zero-order valence-electron chi connectivity index (χ0n) is 3.27. The third kappa shape index (κ3) is 3.01. The Kier molecular flexibility index (Phi) is 3.35. The highest BCUT2D eigenvalue weighted by molar-refractivity contribution is 5.45. The van der Waals surface area contributed by atoms with E-state index in [1.165, 1.54) is 6.08 Å². The van der Waals surface area contributed by atoms with Crippen LogP contribution in [0.5, 0.6) is 0 Å². The molecule has 0 saturated carbocycles. The van der Waals surface area contributed by atoms with Gasteiger partial charge in [-0.1, -0.05) is 0 Å². The second kappa shape index (κ2) is 4.01. The summed E-state index contributed by atoms with van der Waals surface area (Å²) in [6.45, 7) is 0. The van der Waals surface area contributed by atoms with Crippen LogP contribution in [0.25, 0.3) is 0 Å². The van der Waals surface area contributed by atoms with Crippen LogP contribution < -0.4 is 0 Å². The van der Waals surface area contributed by atoms with Gasteiger partial charge in [0, 0.05) is 12.5 Å². The Balaban J connectivity index is 3.16. The molecule has 30 valence electrons. The van der Waals surface area contributed by atoms with E-state index >= 15 is 0 Å². The van der Waals surface area contributed by atoms with E-state index < -0.39 is 0 Å². The van der Waals surface area contributed by atoms with Crippen LogP contribution >= 0.6 is 0 Å². The molecular formula is C5H4O. The van der Waals surface area contributed by atoms with Crippen LogP contribution in [-0.4, -0.2) is 5.94 Å². The predicted molar refractivity (Wildman–Crippen MR) is 23.7 cm³/mol. The van der Waals surface area contributed by atoms with Gasteiger partial charge in [0.05, 0.1) is 0 Å². The van der Waals surface area contributed by atoms with Crippen molar-refractivity contribution in [2.75, 3.05) is 0 Å². The maximum absolute atomic E-state index is 9.29. The van der Waals surface area contributed by atoms with E-state index in [4.69, 9.17) is 6.42 Å². The lowest BCUT2D eigenvalue weighted by atomic mass is 10.5. The minimum atomic E-state index is 0.392. The summed E-state index contributed by atoms with van der Waals surface area (Å²) in [5, 5.41) is 0. The van der Waals surface area contributed by atoms with Crippen molar-refractivity contribution < 1.29 is 4.79 Å². The molecule has 0 spiro atoms. The fraction of sp³-hybridized carbons (Fsp3) is 0.200. The van der Waals surface area contributed by atoms with Crippen molar-refractivity contribution in [3.63, 3.8) is 0 Å². The van der Waals surface area contributed by atoms with Crippen LogP contribution in [0.2, 0.25) is 0 Å². The first-order valence-electron chi connectivity index (χ1n) is 1.54. The van der Waals surface area contributed by atoms with Crippen molar-refractivity contribution in [1.82, 2.24) is 0 Å². The quantitative estimate of drug-likeness (QED) is 0.329. The molecule has 0 rings (SSSR count). The fourth-order valence-corrected chi connectivity index (χ4v) is 0.101. The van der Waals surface area contributed by atoms with E-state index in [0.717, 1.165) is 0 Å². The maximum atomic E-state index is 9.29. The number of hydrogen-bond donors (Lipinski definition) is 0. The van der Waals surface area contributed by atoms with Gasteiger partial charge in [0.25, 0.3) is 0 Å². The Morgan fingerprint density at radius 2 is 2.50 bits per heavy atom. The molecule has 0 aliphatic rings. The van der Waals surface area contributed by atoms with Crippen LogP contribution in [0.3, 0.4) is 0 Å². The normalized spacial score (nSPS) is 5.17. The van der Waals surface area contributed by atoms with E-state index in [2.05, 4.69) is 5.92 Å². The van der Waals surface area contributed by atoms with Crippen molar-refractivity contribution >= 4 is 5.94 Å². The molecule has 0 aromatic carbocycles. The van der Waals surface area contributed by atoms with Crippen LogP contribution in [0, 0.1) is 12.3 Å². The molecule has 0 bridgehead atoms. The Morgan fingerprint density at radius 1 is 1.83 bits per heavy atom. The molecule has 6 heavy (non-hydrogen) atoms. The second-order valence-electron chi connectivity index (χ2n) is 0.730. The van der Waals surface area contributed by atoms with Gasteiger partial charge in [-0.2, -0.15) is 0 Å². The molecule has 0 atom stereocenters. The molecule has 0 aliphatic heterocycles. The average Bonchev–Trinajstić information content (AvgIpc) is 1.61. The minimum absolute atomic E-state index is 0.392. The van der Waals surface area contributed by atoms with E-state index in [1.54, 1.807) is 5.94 Å². The minimum Gasteiger partial charge on any atom is -0.234 e. The third-order valence-electron chi connectivity index (χ3n) is 0.303. The third-order valence-corrected chi connectivity index (χ3v) is 0.303. The summed E-state index contributed by atoms with van der Waals surface area (Å²) in [6.07, 6.45) is 6.41. The highest BCUT2D eigenvalue weighted by Gasteiger charge is 1.58. The molecule has 0 N–H and O–H groups in total. The lowest BCUT2D eigenvalue weighted by Gasteiger charge is -1.58. The number of rotatable bonds is 1. The van der Waals surface area contributed by atoms with Crippen LogP contribution in [-0.2, 0) is 4.79 Å². The van der Waals surface area contributed by atoms with Crippen LogP contribution in [0.4, 0.5) is 0 Å². The SMILES string of the molecule is C#CCC=C=O. The molecule has 0 amide bonds. The topological polar surface area (TPSA) is 17.1 Å². The van der Waals surface area contributed by atoms with Gasteiger partial charge in [-0.15, -0.1) is 12.3 Å². The first-order valence-corrected chi connectivity index (χ1v) is 1.54. The average molecular weight is 80.1 g/mol. The van der Waals surface area contributed by atoms with Crippen molar-refractivity contribution in [2.45, 2.75) is 6.42 Å². The monoisotopic (exact) mass is 80.0 g/mol. The lowest BCUT2D eigenvalue weighted by Crippen LogP contribution is -1.52. The highest BCUT2D eigenvalue weighted by atomic mass is 16.1. The van der Waals surface area contributed by atoms with Crippen molar-refractivity contribution in [2.24, 2.45) is 0 Å². The molecule has 0 radical (unpaired) electrons. The smallest absolute Gasteiger partial charge is 0.121 e. The second-order valence-corrected chi connectivity index (χ2v) is 0.730.